The predicted octanol–water partition coefficient (Wildman–Crippen LogP) is 3.21. The summed E-state index contributed by atoms with van der Waals surface area (Å²) in [7, 11) is 0. The molecule has 0 saturated heterocycles. The Balaban J connectivity index is 1.72. The number of ether oxygens (including phenoxy) is 1. The van der Waals surface area contributed by atoms with Crippen molar-refractivity contribution in [2.75, 3.05) is 13.2 Å². The van der Waals surface area contributed by atoms with E-state index in [-0.39, 0.29) is 35.7 Å². The van der Waals surface area contributed by atoms with Gasteiger partial charge in [-0.1, -0.05) is 49.9 Å². The molecule has 6 nitrogen and oxygen atoms in total. The fraction of sp³-hybridized carbons (Fsp3) is 0.526. The van der Waals surface area contributed by atoms with Gasteiger partial charge in [-0.05, 0) is 36.5 Å². The monoisotopic (exact) mass is 414 g/mol. The quantitative estimate of drug-likeness (QED) is 0.699. The summed E-state index contributed by atoms with van der Waals surface area (Å²) in [5.74, 6) is -0.610. The molecule has 8 heteroatoms. The number of benzene rings is 1. The van der Waals surface area contributed by atoms with Crippen molar-refractivity contribution < 1.29 is 19.1 Å². The van der Waals surface area contributed by atoms with Gasteiger partial charge in [0.15, 0.2) is 6.61 Å². The zero-order valence-electron chi connectivity index (χ0n) is 15.4. The molecule has 1 aliphatic rings. The SMILES string of the molecule is C[C@H]1[C@H](C)CCC[C@H]1NC(=O)COC(=O)CNC(=O)c1ccc(Cl)cc1Cl. The first-order valence-corrected chi connectivity index (χ1v) is 9.71. The van der Waals surface area contributed by atoms with Crippen molar-refractivity contribution in [3.63, 3.8) is 0 Å². The number of esters is 1. The summed E-state index contributed by atoms with van der Waals surface area (Å²) in [6.45, 7) is 3.58. The smallest absolute Gasteiger partial charge is 0.325 e. The minimum atomic E-state index is -0.700. The normalized spacial score (nSPS) is 22.0. The molecule has 0 heterocycles. The number of amides is 2. The summed E-state index contributed by atoms with van der Waals surface area (Å²) in [6.07, 6.45) is 3.18. The predicted molar refractivity (Wildman–Crippen MR) is 104 cm³/mol. The molecule has 1 aromatic rings. The third-order valence-corrected chi connectivity index (χ3v) is 5.53. The van der Waals surface area contributed by atoms with E-state index in [1.54, 1.807) is 0 Å². The van der Waals surface area contributed by atoms with Crippen LogP contribution in [-0.4, -0.2) is 37.0 Å². The van der Waals surface area contributed by atoms with Crippen molar-refractivity contribution in [3.8, 4) is 0 Å². The van der Waals surface area contributed by atoms with Crippen LogP contribution in [0.4, 0.5) is 0 Å². The maximum absolute atomic E-state index is 12.0. The van der Waals surface area contributed by atoms with Crippen LogP contribution in [0.15, 0.2) is 18.2 Å². The van der Waals surface area contributed by atoms with E-state index in [2.05, 4.69) is 24.5 Å². The number of carbonyl (C=O) groups is 3. The zero-order valence-corrected chi connectivity index (χ0v) is 16.9. The number of hydrogen-bond acceptors (Lipinski definition) is 4. The van der Waals surface area contributed by atoms with Gasteiger partial charge in [-0.3, -0.25) is 14.4 Å². The molecule has 3 atom stereocenters. The molecule has 1 fully saturated rings. The van der Waals surface area contributed by atoms with Gasteiger partial charge in [-0.25, -0.2) is 0 Å². The van der Waals surface area contributed by atoms with E-state index in [0.29, 0.717) is 16.9 Å². The highest BCUT2D eigenvalue weighted by molar-refractivity contribution is 6.36. The molecule has 148 valence electrons. The van der Waals surface area contributed by atoms with Crippen molar-refractivity contribution in [2.24, 2.45) is 11.8 Å². The molecule has 0 unspecified atom stereocenters. The van der Waals surface area contributed by atoms with Crippen molar-refractivity contribution in [1.82, 2.24) is 10.6 Å². The van der Waals surface area contributed by atoms with Crippen LogP contribution in [0.2, 0.25) is 10.0 Å². The molecule has 0 aliphatic heterocycles. The average Bonchev–Trinajstić information content (AvgIpc) is 2.62. The molecule has 1 saturated carbocycles. The molecule has 2 N–H and O–H groups in total. The van der Waals surface area contributed by atoms with Crippen LogP contribution in [-0.2, 0) is 14.3 Å². The second-order valence-electron chi connectivity index (χ2n) is 6.91. The lowest BCUT2D eigenvalue weighted by Crippen LogP contribution is -2.45. The molecule has 0 spiro atoms. The second kappa shape index (κ2) is 9.95. The van der Waals surface area contributed by atoms with E-state index >= 15 is 0 Å². The molecule has 0 aromatic heterocycles. The molecule has 1 aromatic carbocycles. The van der Waals surface area contributed by atoms with Gasteiger partial charge in [0.25, 0.3) is 11.8 Å². The van der Waals surface area contributed by atoms with Crippen molar-refractivity contribution in [2.45, 2.75) is 39.2 Å². The van der Waals surface area contributed by atoms with Gasteiger partial charge in [0.2, 0.25) is 0 Å². The number of halogens is 2. The van der Waals surface area contributed by atoms with Crippen LogP contribution in [0.5, 0.6) is 0 Å². The first-order valence-electron chi connectivity index (χ1n) is 8.96. The molecular formula is C19H24Cl2N2O4. The molecule has 2 rings (SSSR count). The van der Waals surface area contributed by atoms with Gasteiger partial charge in [0.05, 0.1) is 10.6 Å². The van der Waals surface area contributed by atoms with E-state index in [9.17, 15) is 14.4 Å². The van der Waals surface area contributed by atoms with E-state index in [1.807, 2.05) is 0 Å². The largest absolute Gasteiger partial charge is 0.454 e. The third kappa shape index (κ3) is 6.40. The van der Waals surface area contributed by atoms with Crippen molar-refractivity contribution in [3.05, 3.63) is 33.8 Å². The van der Waals surface area contributed by atoms with Crippen LogP contribution < -0.4 is 10.6 Å². The molecule has 0 radical (unpaired) electrons. The second-order valence-corrected chi connectivity index (χ2v) is 7.75. The highest BCUT2D eigenvalue weighted by Gasteiger charge is 2.28. The highest BCUT2D eigenvalue weighted by atomic mass is 35.5. The Kier molecular flexibility index (Phi) is 7.92. The lowest BCUT2D eigenvalue weighted by Gasteiger charge is -2.34. The number of hydrogen-bond donors (Lipinski definition) is 2. The van der Waals surface area contributed by atoms with Crippen LogP contribution in [0.1, 0.15) is 43.5 Å². The molecule has 2 amide bonds. The first kappa shape index (κ1) is 21.5. The zero-order chi connectivity index (χ0) is 20.0. The standard InChI is InChI=1S/C19H24Cl2N2O4/c1-11-4-3-5-16(12(11)2)23-17(24)10-27-18(25)9-22-19(26)14-7-6-13(20)8-15(14)21/h6-8,11-12,16H,3-5,9-10H2,1-2H3,(H,22,26)(H,23,24)/t11-,12+,16-/m1/s1. The summed E-state index contributed by atoms with van der Waals surface area (Å²) >= 11 is 11.7. The number of rotatable bonds is 6. The van der Waals surface area contributed by atoms with Gasteiger partial charge in [0.1, 0.15) is 6.54 Å². The Morgan fingerprint density at radius 2 is 1.93 bits per heavy atom. The maximum atomic E-state index is 12.0. The van der Waals surface area contributed by atoms with Crippen LogP contribution in [0.3, 0.4) is 0 Å². The maximum Gasteiger partial charge on any atom is 0.325 e. The van der Waals surface area contributed by atoms with Gasteiger partial charge < -0.3 is 15.4 Å². The number of nitrogens with one attached hydrogen (secondary N) is 2. The molecular weight excluding hydrogens is 391 g/mol. The Labute approximate surface area is 168 Å². The van der Waals surface area contributed by atoms with Crippen LogP contribution in [0, 0.1) is 11.8 Å². The minimum Gasteiger partial charge on any atom is -0.454 e. The van der Waals surface area contributed by atoms with Crippen LogP contribution in [0.25, 0.3) is 0 Å². The Morgan fingerprint density at radius 1 is 1.19 bits per heavy atom. The summed E-state index contributed by atoms with van der Waals surface area (Å²) < 4.78 is 4.92. The summed E-state index contributed by atoms with van der Waals surface area (Å²) in [5, 5.41) is 5.92. The van der Waals surface area contributed by atoms with Gasteiger partial charge >= 0.3 is 5.97 Å². The van der Waals surface area contributed by atoms with Gasteiger partial charge in [-0.2, -0.15) is 0 Å². The summed E-state index contributed by atoms with van der Waals surface area (Å²) in [5.41, 5.74) is 0.201. The topological polar surface area (TPSA) is 84.5 Å². The van der Waals surface area contributed by atoms with Crippen LogP contribution >= 0.6 is 23.2 Å². The lowest BCUT2D eigenvalue weighted by atomic mass is 9.78. The lowest BCUT2D eigenvalue weighted by molar-refractivity contribution is -0.147. The minimum absolute atomic E-state index is 0.103. The summed E-state index contributed by atoms with van der Waals surface area (Å²) in [6, 6.07) is 4.53. The fourth-order valence-corrected chi connectivity index (χ4v) is 3.65. The highest BCUT2D eigenvalue weighted by Crippen LogP contribution is 2.29. The third-order valence-electron chi connectivity index (χ3n) is 4.99. The molecule has 1 aliphatic carbocycles. The van der Waals surface area contributed by atoms with Gasteiger partial charge in [0, 0.05) is 11.1 Å². The van der Waals surface area contributed by atoms with E-state index in [0.717, 1.165) is 12.8 Å². The number of carbonyl (C=O) groups excluding carboxylic acids is 3. The molecule has 27 heavy (non-hydrogen) atoms. The Hall–Kier alpha value is -1.79. The van der Waals surface area contributed by atoms with E-state index in [4.69, 9.17) is 27.9 Å². The summed E-state index contributed by atoms with van der Waals surface area (Å²) in [4.78, 5) is 35.8. The Morgan fingerprint density at radius 3 is 2.63 bits per heavy atom. The average molecular weight is 415 g/mol. The first-order chi connectivity index (χ1) is 12.8. The molecule has 0 bridgehead atoms. The van der Waals surface area contributed by atoms with Crippen molar-refractivity contribution >= 4 is 41.0 Å². The van der Waals surface area contributed by atoms with E-state index < -0.39 is 11.9 Å². The Bertz CT molecular complexity index is 711. The van der Waals surface area contributed by atoms with Gasteiger partial charge in [-0.15, -0.1) is 0 Å². The van der Waals surface area contributed by atoms with E-state index in [1.165, 1.54) is 24.6 Å². The van der Waals surface area contributed by atoms with Crippen molar-refractivity contribution in [1.29, 1.82) is 0 Å². The fourth-order valence-electron chi connectivity index (χ4n) is 3.15.